The predicted octanol–water partition coefficient (Wildman–Crippen LogP) is 3.20. The monoisotopic (exact) mass is 493 g/mol. The fourth-order valence-electron chi connectivity index (χ4n) is 4.57. The van der Waals surface area contributed by atoms with Gasteiger partial charge in [0.25, 0.3) is 0 Å². The van der Waals surface area contributed by atoms with Crippen LogP contribution in [0.25, 0.3) is 0 Å². The van der Waals surface area contributed by atoms with Crippen LogP contribution in [0.15, 0.2) is 47.1 Å². The van der Waals surface area contributed by atoms with Crippen LogP contribution in [0, 0.1) is 17.2 Å². The van der Waals surface area contributed by atoms with Crippen LogP contribution in [-0.2, 0) is 29.5 Å². The molecule has 0 fully saturated rings. The maximum atomic E-state index is 12.8. The minimum Gasteiger partial charge on any atom is -0.494 e. The van der Waals surface area contributed by atoms with Gasteiger partial charge in [0.1, 0.15) is 11.6 Å². The minimum atomic E-state index is -0.362. The highest BCUT2D eigenvalue weighted by Gasteiger charge is 2.39. The van der Waals surface area contributed by atoms with E-state index in [4.69, 9.17) is 4.74 Å². The highest BCUT2D eigenvalue weighted by atomic mass is 32.2. The van der Waals surface area contributed by atoms with E-state index in [9.17, 15) is 14.9 Å². The van der Waals surface area contributed by atoms with Crippen LogP contribution >= 0.6 is 11.8 Å². The van der Waals surface area contributed by atoms with Crippen LogP contribution in [0.4, 0.5) is 0 Å². The van der Waals surface area contributed by atoms with E-state index in [0.717, 1.165) is 27.6 Å². The van der Waals surface area contributed by atoms with Gasteiger partial charge >= 0.3 is 0 Å². The van der Waals surface area contributed by atoms with Crippen LogP contribution in [0.3, 0.4) is 0 Å². The molecule has 0 radical (unpaired) electrons. The molecular formula is C26H31N5O3S. The molecule has 4 rings (SSSR count). The number of thioether (sulfide) groups is 1. The Morgan fingerprint density at radius 1 is 1.29 bits per heavy atom. The number of hydrogen-bond donors (Lipinski definition) is 1. The molecule has 2 amide bonds. The molecule has 0 bridgehead atoms. The van der Waals surface area contributed by atoms with Crippen molar-refractivity contribution in [1.82, 2.24) is 19.8 Å². The summed E-state index contributed by atoms with van der Waals surface area (Å²) in [7, 11) is 1.92. The van der Waals surface area contributed by atoms with Gasteiger partial charge in [0.2, 0.25) is 11.8 Å². The Kier molecular flexibility index (Phi) is 8.13. The topological polar surface area (TPSA) is 100 Å². The third-order valence-corrected chi connectivity index (χ3v) is 7.78. The lowest BCUT2D eigenvalue weighted by Crippen LogP contribution is -2.37. The van der Waals surface area contributed by atoms with E-state index in [-0.39, 0.29) is 23.1 Å². The van der Waals surface area contributed by atoms with Gasteiger partial charge in [-0.25, -0.2) is 4.98 Å². The molecule has 1 aromatic carbocycles. The number of amides is 2. The van der Waals surface area contributed by atoms with Gasteiger partial charge in [-0.3, -0.25) is 9.59 Å². The fourth-order valence-corrected chi connectivity index (χ4v) is 6.03. The van der Waals surface area contributed by atoms with E-state index in [1.54, 1.807) is 6.20 Å². The number of carbonyl (C=O) groups is 2. The zero-order chi connectivity index (χ0) is 24.8. The first-order chi connectivity index (χ1) is 17.0. The van der Waals surface area contributed by atoms with Gasteiger partial charge in [-0.1, -0.05) is 18.2 Å². The molecule has 0 aliphatic carbocycles. The lowest BCUT2D eigenvalue weighted by Gasteiger charge is -2.28. The number of nitrogens with zero attached hydrogens (tertiary/aromatic N) is 4. The molecule has 2 atom stereocenters. The fraction of sp³-hybridized carbons (Fsp3) is 0.462. The number of nitriles is 1. The summed E-state index contributed by atoms with van der Waals surface area (Å²) in [5.74, 6) is 1.34. The van der Waals surface area contributed by atoms with Gasteiger partial charge in [-0.15, -0.1) is 11.8 Å². The van der Waals surface area contributed by atoms with Crippen molar-refractivity contribution in [3.8, 4) is 11.8 Å². The number of para-hydroxylation sites is 1. The normalized spacial score (nSPS) is 19.3. The largest absolute Gasteiger partial charge is 0.494 e. The summed E-state index contributed by atoms with van der Waals surface area (Å²) in [4.78, 5) is 32.7. The molecule has 2 aliphatic rings. The molecule has 8 nitrogen and oxygen atoms in total. The molecule has 9 heteroatoms. The molecule has 0 saturated heterocycles. The van der Waals surface area contributed by atoms with Crippen molar-refractivity contribution in [3.05, 3.63) is 58.5 Å². The number of imidazole rings is 1. The quantitative estimate of drug-likeness (QED) is 0.576. The second kappa shape index (κ2) is 11.5. The van der Waals surface area contributed by atoms with Crippen molar-refractivity contribution >= 4 is 23.6 Å². The Morgan fingerprint density at radius 2 is 2.11 bits per heavy atom. The summed E-state index contributed by atoms with van der Waals surface area (Å²) in [6.07, 6.45) is 6.18. The van der Waals surface area contributed by atoms with Crippen LogP contribution in [-0.4, -0.2) is 51.3 Å². The second-order valence-electron chi connectivity index (χ2n) is 8.72. The molecule has 1 aromatic heterocycles. The first kappa shape index (κ1) is 24.9. The number of carbonyl (C=O) groups excluding carboxylic acids is 2. The van der Waals surface area contributed by atoms with E-state index >= 15 is 0 Å². The molecule has 2 aliphatic heterocycles. The number of hydrogen-bond acceptors (Lipinski definition) is 6. The molecule has 2 unspecified atom stereocenters. The number of benzene rings is 1. The number of rotatable bonds is 9. The van der Waals surface area contributed by atoms with Gasteiger partial charge in [0.15, 0.2) is 0 Å². The molecule has 35 heavy (non-hydrogen) atoms. The van der Waals surface area contributed by atoms with Gasteiger partial charge in [-0.05, 0) is 37.0 Å². The smallest absolute Gasteiger partial charge is 0.223 e. The lowest BCUT2D eigenvalue weighted by molar-refractivity contribution is -0.131. The third-order valence-electron chi connectivity index (χ3n) is 6.46. The second-order valence-corrected chi connectivity index (χ2v) is 9.96. The molecule has 0 spiro atoms. The highest BCUT2D eigenvalue weighted by molar-refractivity contribution is 8.04. The molecule has 1 N–H and O–H groups in total. The summed E-state index contributed by atoms with van der Waals surface area (Å²) >= 11 is 1.52. The molecule has 2 aromatic rings. The third kappa shape index (κ3) is 5.88. The van der Waals surface area contributed by atoms with Gasteiger partial charge in [-0.2, -0.15) is 5.26 Å². The molecule has 3 heterocycles. The first-order valence-corrected chi connectivity index (χ1v) is 12.9. The van der Waals surface area contributed by atoms with Crippen molar-refractivity contribution in [2.75, 3.05) is 19.7 Å². The molecule has 184 valence electrons. The van der Waals surface area contributed by atoms with E-state index in [2.05, 4.69) is 16.4 Å². The number of ether oxygens (including phenoxy) is 1. The molecular weight excluding hydrogens is 462 g/mol. The van der Waals surface area contributed by atoms with E-state index in [1.807, 2.05) is 53.9 Å². The maximum absolute atomic E-state index is 12.8. The van der Waals surface area contributed by atoms with Gasteiger partial charge in [0, 0.05) is 50.2 Å². The highest BCUT2D eigenvalue weighted by Crippen LogP contribution is 2.44. The van der Waals surface area contributed by atoms with Crippen molar-refractivity contribution < 1.29 is 14.3 Å². The van der Waals surface area contributed by atoms with Crippen LogP contribution < -0.4 is 10.1 Å². The van der Waals surface area contributed by atoms with E-state index in [0.29, 0.717) is 51.8 Å². The van der Waals surface area contributed by atoms with Gasteiger partial charge < -0.3 is 19.5 Å². The summed E-state index contributed by atoms with van der Waals surface area (Å²) in [6, 6.07) is 10.1. The number of aromatic nitrogens is 2. The van der Waals surface area contributed by atoms with E-state index < -0.39 is 0 Å². The zero-order valence-electron chi connectivity index (χ0n) is 20.2. The number of nitrogens with one attached hydrogen (secondary N) is 1. The summed E-state index contributed by atoms with van der Waals surface area (Å²) in [6.45, 7) is 3.62. The van der Waals surface area contributed by atoms with Crippen molar-refractivity contribution in [3.63, 3.8) is 0 Å². The Labute approximate surface area is 210 Å². The summed E-state index contributed by atoms with van der Waals surface area (Å²) in [5, 5.41) is 12.6. The lowest BCUT2D eigenvalue weighted by atomic mass is 9.94. The van der Waals surface area contributed by atoms with Crippen LogP contribution in [0.5, 0.6) is 5.75 Å². The van der Waals surface area contributed by atoms with Crippen molar-refractivity contribution in [2.24, 2.45) is 13.0 Å². The first-order valence-electron chi connectivity index (χ1n) is 12.0. The van der Waals surface area contributed by atoms with Crippen LogP contribution in [0.1, 0.15) is 37.6 Å². The Balaban J connectivity index is 1.30. The SMILES string of the molecule is CCOc1ccccc1CCC(=O)NC1SC2=C(CCN(C(=O)CCc3nccn3C)C2)C1C#N. The van der Waals surface area contributed by atoms with Gasteiger partial charge in [0.05, 0.1) is 30.5 Å². The van der Waals surface area contributed by atoms with Crippen molar-refractivity contribution in [1.29, 1.82) is 5.26 Å². The average Bonchev–Trinajstić information content (AvgIpc) is 3.43. The summed E-state index contributed by atoms with van der Waals surface area (Å²) in [5.41, 5.74) is 2.06. The zero-order valence-corrected chi connectivity index (χ0v) is 21.0. The Morgan fingerprint density at radius 3 is 2.86 bits per heavy atom. The van der Waals surface area contributed by atoms with E-state index in [1.165, 1.54) is 11.8 Å². The average molecular weight is 494 g/mol. The van der Waals surface area contributed by atoms with Crippen molar-refractivity contribution in [2.45, 2.75) is 44.4 Å². The Bertz CT molecular complexity index is 1150. The van der Waals surface area contributed by atoms with Crippen LogP contribution in [0.2, 0.25) is 0 Å². The standard InChI is InChI=1S/C26H31N5O3S/c1-3-34-21-7-5-4-6-18(21)8-10-24(32)29-26-20(16-27)19-12-14-31(17-22(19)35-26)25(33)11-9-23-28-13-15-30(23)2/h4-7,13,15,20,26H,3,8-12,14,17H2,1-2H3,(H,29,32). The minimum absolute atomic E-state index is 0.0862. The predicted molar refractivity (Wildman–Crippen MR) is 134 cm³/mol. The molecule has 0 saturated carbocycles. The number of aryl methyl sites for hydroxylation is 3. The Hall–Kier alpha value is -3.25. The maximum Gasteiger partial charge on any atom is 0.223 e. The summed E-state index contributed by atoms with van der Waals surface area (Å²) < 4.78 is 7.58.